The quantitative estimate of drug-likeness (QED) is 0.371. The van der Waals surface area contributed by atoms with Crippen LogP contribution in [0.2, 0.25) is 0 Å². The Morgan fingerprint density at radius 3 is 2.38 bits per heavy atom. The van der Waals surface area contributed by atoms with Crippen LogP contribution < -0.4 is 10.6 Å². The van der Waals surface area contributed by atoms with Gasteiger partial charge in [-0.25, -0.2) is 9.18 Å². The van der Waals surface area contributed by atoms with Crippen molar-refractivity contribution in [3.05, 3.63) is 35.6 Å². The fraction of sp³-hybridized carbons (Fsp3) is 0.677. The van der Waals surface area contributed by atoms with Crippen molar-refractivity contribution < 1.29 is 23.5 Å². The Morgan fingerprint density at radius 2 is 1.74 bits per heavy atom. The monoisotopic (exact) mass is 620 g/mol. The van der Waals surface area contributed by atoms with E-state index in [4.69, 9.17) is 17.0 Å². The zero-order valence-electron chi connectivity index (χ0n) is 25.0. The number of likely N-dealkylation sites (tertiary alicyclic amines) is 1. The SMILES string of the molecule is CC(C)(C)OC(=O)N1CSC[C@H]1C(=O)N[C@H](CCC1CCCCC1)C(=S)NC1CCN(C(=O)c2ccc(F)cc2)CC1. The third-order valence-electron chi connectivity index (χ3n) is 8.25. The third-order valence-corrected chi connectivity index (χ3v) is 9.67. The van der Waals surface area contributed by atoms with E-state index in [1.54, 1.807) is 4.90 Å². The van der Waals surface area contributed by atoms with Crippen molar-refractivity contribution >= 4 is 46.9 Å². The molecule has 2 saturated heterocycles. The molecule has 11 heteroatoms. The topological polar surface area (TPSA) is 91.0 Å². The lowest BCUT2D eigenvalue weighted by atomic mass is 9.85. The summed E-state index contributed by atoms with van der Waals surface area (Å²) in [5.41, 5.74) is -0.159. The average molecular weight is 621 g/mol. The normalized spacial score (nSPS) is 21.1. The highest BCUT2D eigenvalue weighted by Crippen LogP contribution is 2.29. The number of nitrogens with one attached hydrogen (secondary N) is 2. The predicted molar refractivity (Wildman–Crippen MR) is 168 cm³/mol. The van der Waals surface area contributed by atoms with E-state index in [-0.39, 0.29) is 29.7 Å². The molecule has 2 N–H and O–H groups in total. The molecule has 1 aromatic carbocycles. The summed E-state index contributed by atoms with van der Waals surface area (Å²) in [5, 5.41) is 6.68. The number of thioether (sulfide) groups is 1. The average Bonchev–Trinajstić information content (AvgIpc) is 3.46. The number of nitrogens with zero attached hydrogens (tertiary/aromatic N) is 2. The fourth-order valence-corrected chi connectivity index (χ4v) is 7.36. The lowest BCUT2D eigenvalue weighted by Crippen LogP contribution is -2.56. The van der Waals surface area contributed by atoms with Crippen LogP contribution in [0, 0.1) is 11.7 Å². The van der Waals surface area contributed by atoms with E-state index in [2.05, 4.69) is 10.6 Å². The molecule has 0 aromatic heterocycles. The zero-order chi connectivity index (χ0) is 30.3. The second-order valence-corrected chi connectivity index (χ2v) is 14.1. The molecule has 232 valence electrons. The Balaban J connectivity index is 1.35. The van der Waals surface area contributed by atoms with Gasteiger partial charge in [0.1, 0.15) is 17.5 Å². The molecular weight excluding hydrogens is 575 g/mol. The van der Waals surface area contributed by atoms with Gasteiger partial charge in [0.25, 0.3) is 5.91 Å². The minimum Gasteiger partial charge on any atom is -0.444 e. The summed E-state index contributed by atoms with van der Waals surface area (Å²) in [7, 11) is 0. The minimum absolute atomic E-state index is 0.0872. The summed E-state index contributed by atoms with van der Waals surface area (Å²) in [6.07, 6.45) is 8.94. The second kappa shape index (κ2) is 14.9. The number of hydrogen-bond donors (Lipinski definition) is 2. The van der Waals surface area contributed by atoms with Crippen molar-refractivity contribution in [3.8, 4) is 0 Å². The lowest BCUT2D eigenvalue weighted by molar-refractivity contribution is -0.125. The number of halogens is 1. The smallest absolute Gasteiger partial charge is 0.411 e. The van der Waals surface area contributed by atoms with Gasteiger partial charge in [-0.15, -0.1) is 11.8 Å². The van der Waals surface area contributed by atoms with E-state index < -0.39 is 17.7 Å². The number of ether oxygens (including phenoxy) is 1. The number of carbonyl (C=O) groups is 3. The van der Waals surface area contributed by atoms with Crippen molar-refractivity contribution in [1.29, 1.82) is 0 Å². The highest BCUT2D eigenvalue weighted by atomic mass is 32.2. The van der Waals surface area contributed by atoms with Crippen molar-refractivity contribution in [2.75, 3.05) is 24.7 Å². The van der Waals surface area contributed by atoms with E-state index >= 15 is 0 Å². The molecule has 0 unspecified atom stereocenters. The molecule has 2 heterocycles. The number of piperidine rings is 1. The number of hydrogen-bond acceptors (Lipinski definition) is 6. The predicted octanol–water partition coefficient (Wildman–Crippen LogP) is 5.50. The first kappa shape index (κ1) is 32.5. The van der Waals surface area contributed by atoms with Crippen LogP contribution in [0.3, 0.4) is 0 Å². The molecule has 1 saturated carbocycles. The Hall–Kier alpha value is -2.40. The molecule has 8 nitrogen and oxygen atoms in total. The first-order valence-electron chi connectivity index (χ1n) is 15.2. The van der Waals surface area contributed by atoms with Crippen LogP contribution in [-0.2, 0) is 9.53 Å². The van der Waals surface area contributed by atoms with Crippen molar-refractivity contribution in [2.45, 2.75) is 102 Å². The highest BCUT2D eigenvalue weighted by molar-refractivity contribution is 7.99. The molecule has 0 bridgehead atoms. The molecule has 2 atom stereocenters. The molecule has 3 fully saturated rings. The van der Waals surface area contributed by atoms with Crippen LogP contribution in [0.1, 0.15) is 88.9 Å². The van der Waals surface area contributed by atoms with Crippen molar-refractivity contribution in [1.82, 2.24) is 20.4 Å². The van der Waals surface area contributed by atoms with Gasteiger partial charge in [-0.05, 0) is 76.6 Å². The molecule has 0 radical (unpaired) electrons. The molecule has 1 aromatic rings. The van der Waals surface area contributed by atoms with E-state index in [1.165, 1.54) is 73.0 Å². The number of carbonyl (C=O) groups excluding carboxylic acids is 3. The van der Waals surface area contributed by atoms with Crippen LogP contribution in [0.4, 0.5) is 9.18 Å². The summed E-state index contributed by atoms with van der Waals surface area (Å²) >= 11 is 7.43. The molecule has 42 heavy (non-hydrogen) atoms. The number of rotatable bonds is 8. The van der Waals surface area contributed by atoms with E-state index in [0.717, 1.165) is 25.7 Å². The van der Waals surface area contributed by atoms with Crippen LogP contribution in [-0.4, -0.2) is 81.1 Å². The van der Waals surface area contributed by atoms with Gasteiger partial charge < -0.3 is 20.3 Å². The first-order chi connectivity index (χ1) is 20.0. The standard InChI is InChI=1S/C31H45FN4O4S2/c1-31(2,3)40-30(39)36-20-42-19-26(36)27(37)34-25(14-9-21-7-5-4-6-8-21)28(41)33-24-15-17-35(18-16-24)29(38)22-10-12-23(32)13-11-22/h10-13,21,24-26H,4-9,14-20H2,1-3H3,(H,33,41)(H,34,37)/t25-,26+/m1/s1. The van der Waals surface area contributed by atoms with Crippen LogP contribution in [0.25, 0.3) is 0 Å². The molecule has 3 amide bonds. The van der Waals surface area contributed by atoms with Gasteiger partial charge >= 0.3 is 6.09 Å². The van der Waals surface area contributed by atoms with Crippen LogP contribution in [0.5, 0.6) is 0 Å². The van der Waals surface area contributed by atoms with E-state index in [0.29, 0.717) is 41.2 Å². The molecule has 0 spiro atoms. The van der Waals surface area contributed by atoms with Crippen molar-refractivity contribution in [2.24, 2.45) is 5.92 Å². The maximum Gasteiger partial charge on any atom is 0.411 e. The van der Waals surface area contributed by atoms with Gasteiger partial charge in [0.2, 0.25) is 5.91 Å². The maximum atomic E-state index is 13.5. The largest absolute Gasteiger partial charge is 0.444 e. The minimum atomic E-state index is -0.640. The number of benzene rings is 1. The van der Waals surface area contributed by atoms with Gasteiger partial charge in [0.15, 0.2) is 0 Å². The summed E-state index contributed by atoms with van der Waals surface area (Å²) in [5.74, 6) is 0.902. The summed E-state index contributed by atoms with van der Waals surface area (Å²) in [6, 6.07) is 4.79. The molecule has 4 rings (SSSR count). The van der Waals surface area contributed by atoms with E-state index in [9.17, 15) is 18.8 Å². The maximum absolute atomic E-state index is 13.5. The van der Waals surface area contributed by atoms with Gasteiger partial charge in [0, 0.05) is 30.4 Å². The highest BCUT2D eigenvalue weighted by Gasteiger charge is 2.38. The van der Waals surface area contributed by atoms with Gasteiger partial charge in [-0.3, -0.25) is 14.5 Å². The zero-order valence-corrected chi connectivity index (χ0v) is 26.7. The van der Waals surface area contributed by atoms with E-state index in [1.807, 2.05) is 20.8 Å². The van der Waals surface area contributed by atoms with Gasteiger partial charge in [0.05, 0.1) is 16.9 Å². The van der Waals surface area contributed by atoms with Gasteiger partial charge in [-0.1, -0.05) is 44.3 Å². The first-order valence-corrected chi connectivity index (χ1v) is 16.8. The summed E-state index contributed by atoms with van der Waals surface area (Å²) in [4.78, 5) is 43.1. The van der Waals surface area contributed by atoms with Crippen LogP contribution in [0.15, 0.2) is 24.3 Å². The molecule has 2 aliphatic heterocycles. The number of amides is 3. The lowest BCUT2D eigenvalue weighted by Gasteiger charge is -2.35. The second-order valence-electron chi connectivity index (χ2n) is 12.7. The molecular formula is C31H45FN4O4S2. The molecule has 1 aliphatic carbocycles. The Bertz CT molecular complexity index is 1100. The summed E-state index contributed by atoms with van der Waals surface area (Å²) in [6.45, 7) is 6.59. The Labute approximate surface area is 258 Å². The van der Waals surface area contributed by atoms with Crippen molar-refractivity contribution in [3.63, 3.8) is 0 Å². The Kier molecular flexibility index (Phi) is 11.5. The van der Waals surface area contributed by atoms with Gasteiger partial charge in [-0.2, -0.15) is 0 Å². The Morgan fingerprint density at radius 1 is 1.07 bits per heavy atom. The summed E-state index contributed by atoms with van der Waals surface area (Å²) < 4.78 is 18.8. The van der Waals surface area contributed by atoms with Crippen LogP contribution >= 0.6 is 24.0 Å². The number of thiocarbonyl (C=S) groups is 1. The third kappa shape index (κ3) is 9.30. The molecule has 3 aliphatic rings. The fourth-order valence-electron chi connectivity index (χ4n) is 5.88.